The zero-order valence-electron chi connectivity index (χ0n) is 12.7. The van der Waals surface area contributed by atoms with Gasteiger partial charge in [-0.3, -0.25) is 14.9 Å². The lowest BCUT2D eigenvalue weighted by molar-refractivity contribution is -0.385. The minimum absolute atomic E-state index is 0. The third-order valence-corrected chi connectivity index (χ3v) is 2.83. The Bertz CT molecular complexity index is 525. The molecule has 0 aliphatic heterocycles. The van der Waals surface area contributed by atoms with E-state index in [0.717, 1.165) is 13.0 Å². The van der Waals surface area contributed by atoms with E-state index in [2.05, 4.69) is 10.6 Å². The average molecular weight is 334 g/mol. The van der Waals surface area contributed by atoms with Crippen LogP contribution in [0.15, 0.2) is 12.1 Å². The molecule has 1 rings (SSSR count). The molecule has 1 amide bonds. The van der Waals surface area contributed by atoms with Gasteiger partial charge >= 0.3 is 0 Å². The maximum atomic E-state index is 12.1. The van der Waals surface area contributed by atoms with Crippen LogP contribution in [0, 0.1) is 10.1 Å². The second kappa shape index (κ2) is 9.80. The number of nitro benzene ring substituents is 1. The van der Waals surface area contributed by atoms with Crippen LogP contribution in [0.1, 0.15) is 16.8 Å². The van der Waals surface area contributed by atoms with Crippen molar-refractivity contribution in [3.63, 3.8) is 0 Å². The van der Waals surface area contributed by atoms with Gasteiger partial charge in [-0.2, -0.15) is 0 Å². The van der Waals surface area contributed by atoms with Crippen molar-refractivity contribution in [3.8, 4) is 11.5 Å². The molecule has 2 N–H and O–H groups in total. The maximum Gasteiger partial charge on any atom is 0.286 e. The van der Waals surface area contributed by atoms with E-state index in [1.165, 1.54) is 26.4 Å². The Balaban J connectivity index is 0.00000441. The van der Waals surface area contributed by atoms with Crippen molar-refractivity contribution >= 4 is 24.0 Å². The molecule has 0 heterocycles. The van der Waals surface area contributed by atoms with E-state index in [9.17, 15) is 14.9 Å². The molecule has 22 heavy (non-hydrogen) atoms. The molecule has 124 valence electrons. The first-order valence-electron chi connectivity index (χ1n) is 6.38. The number of ether oxygens (including phenoxy) is 2. The van der Waals surface area contributed by atoms with Gasteiger partial charge in [0, 0.05) is 12.6 Å². The summed E-state index contributed by atoms with van der Waals surface area (Å²) in [5.74, 6) is -0.0434. The highest BCUT2D eigenvalue weighted by atomic mass is 35.5. The van der Waals surface area contributed by atoms with Crippen LogP contribution in [0.2, 0.25) is 0 Å². The lowest BCUT2D eigenvalue weighted by Crippen LogP contribution is -2.27. The molecular weight excluding hydrogens is 314 g/mol. The van der Waals surface area contributed by atoms with Crippen LogP contribution >= 0.6 is 12.4 Å². The van der Waals surface area contributed by atoms with Crippen molar-refractivity contribution in [2.45, 2.75) is 6.42 Å². The summed E-state index contributed by atoms with van der Waals surface area (Å²) < 4.78 is 10.1. The predicted octanol–water partition coefficient (Wildman–Crippen LogP) is 1.37. The summed E-state index contributed by atoms with van der Waals surface area (Å²) in [6.45, 7) is 1.17. The van der Waals surface area contributed by atoms with Crippen molar-refractivity contribution in [2.24, 2.45) is 0 Å². The molecule has 9 heteroatoms. The van der Waals surface area contributed by atoms with E-state index in [1.807, 2.05) is 0 Å². The lowest BCUT2D eigenvalue weighted by Gasteiger charge is -2.10. The highest BCUT2D eigenvalue weighted by Gasteiger charge is 2.24. The summed E-state index contributed by atoms with van der Waals surface area (Å²) in [4.78, 5) is 22.5. The molecule has 0 bridgehead atoms. The molecule has 0 spiro atoms. The first-order valence-corrected chi connectivity index (χ1v) is 6.38. The fourth-order valence-electron chi connectivity index (χ4n) is 1.76. The minimum atomic E-state index is -0.621. The largest absolute Gasteiger partial charge is 0.493 e. The molecular formula is C13H20ClN3O5. The van der Waals surface area contributed by atoms with Crippen molar-refractivity contribution < 1.29 is 19.2 Å². The average Bonchev–Trinajstić information content (AvgIpc) is 2.49. The number of amides is 1. The molecule has 0 aliphatic carbocycles. The van der Waals surface area contributed by atoms with Crippen LogP contribution in [0.25, 0.3) is 0 Å². The van der Waals surface area contributed by atoms with Gasteiger partial charge in [0.2, 0.25) is 0 Å². The standard InChI is InChI=1S/C13H19N3O5.ClH/c1-14-5-4-6-15-13(17)9-7-11(20-2)12(21-3)8-10(9)16(18)19;/h7-8,14H,4-6H2,1-3H3,(H,15,17);1H. The normalized spacial score (nSPS) is 9.59. The smallest absolute Gasteiger partial charge is 0.286 e. The Hall–Kier alpha value is -2.06. The van der Waals surface area contributed by atoms with Crippen LogP contribution in [0.3, 0.4) is 0 Å². The summed E-state index contributed by atoms with van der Waals surface area (Å²) in [7, 11) is 4.58. The van der Waals surface area contributed by atoms with E-state index in [0.29, 0.717) is 6.54 Å². The highest BCUT2D eigenvalue weighted by Crippen LogP contribution is 2.34. The molecule has 0 unspecified atom stereocenters. The van der Waals surface area contributed by atoms with Crippen LogP contribution in [-0.2, 0) is 0 Å². The molecule has 0 atom stereocenters. The summed E-state index contributed by atoms with van der Waals surface area (Å²) in [5.41, 5.74) is -0.374. The van der Waals surface area contributed by atoms with Crippen molar-refractivity contribution in [1.82, 2.24) is 10.6 Å². The van der Waals surface area contributed by atoms with Crippen molar-refractivity contribution in [1.29, 1.82) is 0 Å². The van der Waals surface area contributed by atoms with Gasteiger partial charge in [0.05, 0.1) is 25.2 Å². The predicted molar refractivity (Wildman–Crippen MR) is 84.3 cm³/mol. The number of halogens is 1. The third-order valence-electron chi connectivity index (χ3n) is 2.83. The molecule has 1 aromatic carbocycles. The fraction of sp³-hybridized carbons (Fsp3) is 0.462. The van der Waals surface area contributed by atoms with E-state index in [1.54, 1.807) is 7.05 Å². The van der Waals surface area contributed by atoms with Gasteiger partial charge < -0.3 is 20.1 Å². The number of methoxy groups -OCH3 is 2. The fourth-order valence-corrected chi connectivity index (χ4v) is 1.76. The van der Waals surface area contributed by atoms with Gasteiger partial charge in [0.1, 0.15) is 5.56 Å². The zero-order valence-corrected chi connectivity index (χ0v) is 13.5. The second-order valence-electron chi connectivity index (χ2n) is 4.19. The number of hydrogen-bond donors (Lipinski definition) is 2. The number of carbonyl (C=O) groups is 1. The topological polar surface area (TPSA) is 103 Å². The number of nitro groups is 1. The number of nitrogens with zero attached hydrogens (tertiary/aromatic N) is 1. The Morgan fingerprint density at radius 2 is 1.82 bits per heavy atom. The SMILES string of the molecule is CNCCCNC(=O)c1cc(OC)c(OC)cc1[N+](=O)[O-].Cl. The number of nitrogens with one attached hydrogen (secondary N) is 2. The van der Waals surface area contributed by atoms with E-state index in [-0.39, 0.29) is 35.2 Å². The minimum Gasteiger partial charge on any atom is -0.493 e. The number of carbonyl (C=O) groups excluding carboxylic acids is 1. The Morgan fingerprint density at radius 3 is 2.32 bits per heavy atom. The number of rotatable bonds is 8. The molecule has 8 nitrogen and oxygen atoms in total. The van der Waals surface area contributed by atoms with Crippen LogP contribution in [0.5, 0.6) is 11.5 Å². The molecule has 0 fully saturated rings. The molecule has 1 aromatic rings. The molecule has 0 aliphatic rings. The summed E-state index contributed by atoms with van der Waals surface area (Å²) in [6, 6.07) is 2.49. The van der Waals surface area contributed by atoms with Crippen molar-refractivity contribution in [2.75, 3.05) is 34.4 Å². The summed E-state index contributed by atoms with van der Waals surface area (Å²) in [5, 5.41) is 16.7. The quantitative estimate of drug-likeness (QED) is 0.423. The number of benzene rings is 1. The number of hydrogen-bond acceptors (Lipinski definition) is 6. The Morgan fingerprint density at radius 1 is 1.23 bits per heavy atom. The van der Waals surface area contributed by atoms with Gasteiger partial charge in [-0.25, -0.2) is 0 Å². The molecule has 0 saturated carbocycles. The molecule has 0 saturated heterocycles. The van der Waals surface area contributed by atoms with E-state index < -0.39 is 10.8 Å². The van der Waals surface area contributed by atoms with E-state index >= 15 is 0 Å². The molecule has 0 aromatic heterocycles. The maximum absolute atomic E-state index is 12.1. The van der Waals surface area contributed by atoms with Gasteiger partial charge in [-0.1, -0.05) is 0 Å². The summed E-state index contributed by atoms with van der Waals surface area (Å²) >= 11 is 0. The monoisotopic (exact) mass is 333 g/mol. The zero-order chi connectivity index (χ0) is 15.8. The van der Waals surface area contributed by atoms with Gasteiger partial charge in [-0.05, 0) is 20.0 Å². The van der Waals surface area contributed by atoms with Gasteiger partial charge in [0.25, 0.3) is 11.6 Å². The van der Waals surface area contributed by atoms with Gasteiger partial charge in [0.15, 0.2) is 11.5 Å². The first-order chi connectivity index (χ1) is 10.0. The Kier molecular flexibility index (Phi) is 8.88. The van der Waals surface area contributed by atoms with Gasteiger partial charge in [-0.15, -0.1) is 12.4 Å². The highest BCUT2D eigenvalue weighted by molar-refractivity contribution is 5.99. The third kappa shape index (κ3) is 5.05. The first kappa shape index (κ1) is 19.9. The van der Waals surface area contributed by atoms with Crippen molar-refractivity contribution in [3.05, 3.63) is 27.8 Å². The molecule has 0 radical (unpaired) electrons. The lowest BCUT2D eigenvalue weighted by atomic mass is 10.1. The van der Waals surface area contributed by atoms with Crippen LogP contribution in [-0.4, -0.2) is 45.2 Å². The van der Waals surface area contributed by atoms with Crippen LogP contribution < -0.4 is 20.1 Å². The second-order valence-corrected chi connectivity index (χ2v) is 4.19. The van der Waals surface area contributed by atoms with Crippen LogP contribution in [0.4, 0.5) is 5.69 Å². The van der Waals surface area contributed by atoms with E-state index in [4.69, 9.17) is 9.47 Å². The Labute approximate surface area is 134 Å². The summed E-state index contributed by atoms with van der Waals surface area (Å²) in [6.07, 6.45) is 0.726.